The summed E-state index contributed by atoms with van der Waals surface area (Å²) in [5.41, 5.74) is -2.45. The number of nitrogens with one attached hydrogen (secondary N) is 2. The molecule has 0 spiro atoms. The van der Waals surface area contributed by atoms with E-state index in [1.807, 2.05) is 4.98 Å². The van der Waals surface area contributed by atoms with Crippen LogP contribution in [0, 0.1) is 0 Å². The monoisotopic (exact) mass is 536 g/mol. The van der Waals surface area contributed by atoms with Crippen LogP contribution in [0.4, 0.5) is 0 Å². The number of hydrogen-bond acceptors (Lipinski definition) is 13. The molecule has 2 aromatic rings. The number of aliphatic hydroxyl groups is 4. The lowest BCUT2D eigenvalue weighted by molar-refractivity contribution is -0.318. The summed E-state index contributed by atoms with van der Waals surface area (Å²) in [6, 6.07) is 2.28. The molecule has 2 aliphatic rings. The molecule has 200 valence electrons. The Morgan fingerprint density at radius 2 is 1.44 bits per heavy atom. The maximum absolute atomic E-state index is 11.6. The number of aliphatic hydroxyl groups excluding tert-OH is 4. The van der Waals surface area contributed by atoms with Crippen molar-refractivity contribution in [3.05, 3.63) is 66.2 Å². The van der Waals surface area contributed by atoms with Crippen molar-refractivity contribution in [1.29, 1.82) is 0 Å². The van der Waals surface area contributed by atoms with Gasteiger partial charge in [0.15, 0.2) is 18.7 Å². The van der Waals surface area contributed by atoms with Crippen LogP contribution >= 0.6 is 8.38 Å². The molecule has 17 nitrogen and oxygen atoms in total. The van der Waals surface area contributed by atoms with Crippen molar-refractivity contribution in [2.24, 2.45) is 0 Å². The fourth-order valence-corrected chi connectivity index (χ4v) is 3.65. The first-order valence-electron chi connectivity index (χ1n) is 10.4. The summed E-state index contributed by atoms with van der Waals surface area (Å²) in [4.78, 5) is 62.6. The maximum atomic E-state index is 11.6. The van der Waals surface area contributed by atoms with Crippen LogP contribution in [0.1, 0.15) is 25.3 Å². The lowest BCUT2D eigenvalue weighted by Crippen LogP contribution is -2.34. The van der Waals surface area contributed by atoms with Crippen LogP contribution in [-0.4, -0.2) is 82.0 Å². The predicted octanol–water partition coefficient (Wildman–Crippen LogP) is -3.48. The maximum Gasteiger partial charge on any atom is 0.330 e. The number of ether oxygens (including phenoxy) is 2. The van der Waals surface area contributed by atoms with Gasteiger partial charge in [-0.2, -0.15) is 9.56 Å². The molecule has 2 fully saturated rings. The van der Waals surface area contributed by atoms with Gasteiger partial charge in [0, 0.05) is 37.4 Å². The Hall–Kier alpha value is -2.57. The zero-order valence-corrected chi connectivity index (χ0v) is 19.3. The molecule has 7 N–H and O–H groups in total. The molecule has 2 saturated heterocycles. The number of aromatic amines is 2. The highest BCUT2D eigenvalue weighted by Gasteiger charge is 2.38. The van der Waals surface area contributed by atoms with Crippen LogP contribution in [0.25, 0.3) is 0 Å². The highest BCUT2D eigenvalue weighted by Crippen LogP contribution is 2.34. The SMILES string of the molecule is O=c1ccn([C@@H]2O[C@H](CO)C[C@@H]2O)c(=O)[nH]1.O=c1ccn([C@@H]2O[C@H](OOP(O)CO)C[C@@H]2O)c(=O)[nH]1. The Kier molecular flexibility index (Phi) is 9.80. The van der Waals surface area contributed by atoms with Crippen LogP contribution in [0.3, 0.4) is 0 Å². The van der Waals surface area contributed by atoms with E-state index in [-0.39, 0.29) is 19.4 Å². The summed E-state index contributed by atoms with van der Waals surface area (Å²) >= 11 is 0. The van der Waals surface area contributed by atoms with Crippen molar-refractivity contribution >= 4 is 8.38 Å². The Bertz CT molecular complexity index is 1230. The highest BCUT2D eigenvalue weighted by atomic mass is 31.2. The number of hydrogen-bond donors (Lipinski definition) is 7. The zero-order chi connectivity index (χ0) is 26.4. The van der Waals surface area contributed by atoms with Crippen molar-refractivity contribution < 1.29 is 44.4 Å². The van der Waals surface area contributed by atoms with Crippen LogP contribution in [0.15, 0.2) is 43.7 Å². The van der Waals surface area contributed by atoms with Crippen molar-refractivity contribution in [3.8, 4) is 0 Å². The van der Waals surface area contributed by atoms with E-state index in [9.17, 15) is 29.4 Å². The van der Waals surface area contributed by atoms with Gasteiger partial charge in [0.1, 0.15) is 18.6 Å². The third-order valence-electron chi connectivity index (χ3n) is 5.03. The van der Waals surface area contributed by atoms with Crippen molar-refractivity contribution in [1.82, 2.24) is 19.1 Å². The van der Waals surface area contributed by atoms with Crippen molar-refractivity contribution in [3.63, 3.8) is 0 Å². The van der Waals surface area contributed by atoms with Gasteiger partial charge >= 0.3 is 11.4 Å². The largest absolute Gasteiger partial charge is 0.394 e. The van der Waals surface area contributed by atoms with Gasteiger partial charge in [-0.25, -0.2) is 9.59 Å². The smallest absolute Gasteiger partial charge is 0.330 e. The zero-order valence-electron chi connectivity index (χ0n) is 18.4. The first-order valence-corrected chi connectivity index (χ1v) is 11.8. The predicted molar refractivity (Wildman–Crippen MR) is 117 cm³/mol. The van der Waals surface area contributed by atoms with Crippen LogP contribution in [0.2, 0.25) is 0 Å². The molecular weight excluding hydrogens is 511 g/mol. The van der Waals surface area contributed by atoms with Gasteiger partial charge in [0.2, 0.25) is 8.38 Å². The molecule has 0 aliphatic carbocycles. The summed E-state index contributed by atoms with van der Waals surface area (Å²) in [5.74, 6) is 0. The average molecular weight is 536 g/mol. The Labute approximate surface area is 201 Å². The van der Waals surface area contributed by atoms with E-state index in [1.165, 1.54) is 18.5 Å². The Balaban J connectivity index is 0.000000205. The Morgan fingerprint density at radius 1 is 0.917 bits per heavy atom. The summed E-state index contributed by atoms with van der Waals surface area (Å²) in [5, 5.41) is 36.9. The molecule has 0 radical (unpaired) electrons. The average Bonchev–Trinajstić information content (AvgIpc) is 3.39. The number of rotatable bonds is 7. The van der Waals surface area contributed by atoms with Crippen molar-refractivity contribution in [2.75, 3.05) is 13.0 Å². The van der Waals surface area contributed by atoms with E-state index in [1.54, 1.807) is 0 Å². The molecule has 7 atom stereocenters. The molecule has 0 bridgehead atoms. The van der Waals surface area contributed by atoms with Gasteiger partial charge in [-0.1, -0.05) is 0 Å². The van der Waals surface area contributed by atoms with Gasteiger partial charge in [-0.15, -0.1) is 0 Å². The summed E-state index contributed by atoms with van der Waals surface area (Å²) in [7, 11) is -2.13. The molecule has 0 saturated carbocycles. The Morgan fingerprint density at radius 3 is 1.92 bits per heavy atom. The quantitative estimate of drug-likeness (QED) is 0.103. The molecule has 4 heterocycles. The second-order valence-electron chi connectivity index (χ2n) is 7.59. The van der Waals surface area contributed by atoms with Gasteiger partial charge < -0.3 is 34.8 Å². The first-order chi connectivity index (χ1) is 17.1. The minimum Gasteiger partial charge on any atom is -0.394 e. The standard InChI is InChI=1S/C9H13N2O8P.C9H12N2O5/c12-4-20(16)19-18-7-3-5(13)8(17-7)11-2-1-6(14)10-9(11)15;12-4-5-3-6(13)8(16-5)11-2-1-7(14)10-9(11)15/h1-2,5,7-8,12-13,16H,3-4H2,(H,10,14,15);1-2,5-6,8,12-13H,3-4H2,(H,10,14,15)/t5-,7+,8+,20?;5-,6-,8+/m00/s1. The van der Waals surface area contributed by atoms with Crippen LogP contribution in [0.5, 0.6) is 0 Å². The minimum atomic E-state index is -2.13. The number of H-pyrrole nitrogens is 2. The molecule has 36 heavy (non-hydrogen) atoms. The number of aromatic nitrogens is 4. The molecular formula is C18H25N4O13P. The molecule has 4 rings (SSSR count). The summed E-state index contributed by atoms with van der Waals surface area (Å²) in [6.07, 6.45) is -3.26. The van der Waals surface area contributed by atoms with Gasteiger partial charge in [0.25, 0.3) is 11.1 Å². The van der Waals surface area contributed by atoms with Crippen LogP contribution in [-0.2, 0) is 19.0 Å². The lowest BCUT2D eigenvalue weighted by Gasteiger charge is -2.16. The third kappa shape index (κ3) is 7.01. The fourth-order valence-electron chi connectivity index (χ4n) is 3.40. The van der Waals surface area contributed by atoms with E-state index in [2.05, 4.69) is 9.66 Å². The first kappa shape index (κ1) is 28.0. The van der Waals surface area contributed by atoms with E-state index < -0.39 is 74.3 Å². The second-order valence-corrected chi connectivity index (χ2v) is 8.73. The molecule has 0 amide bonds. The highest BCUT2D eigenvalue weighted by molar-refractivity contribution is 7.45. The van der Waals surface area contributed by atoms with Gasteiger partial charge in [-0.05, 0) is 0 Å². The number of nitrogens with zero attached hydrogens (tertiary/aromatic N) is 2. The molecule has 18 heteroatoms. The topological polar surface area (TPSA) is 248 Å². The normalized spacial score (nSPS) is 28.5. The lowest BCUT2D eigenvalue weighted by atomic mass is 10.2. The van der Waals surface area contributed by atoms with E-state index >= 15 is 0 Å². The van der Waals surface area contributed by atoms with Gasteiger partial charge in [0.05, 0.1) is 12.7 Å². The second kappa shape index (κ2) is 12.6. The third-order valence-corrected chi connectivity index (χ3v) is 5.53. The summed E-state index contributed by atoms with van der Waals surface area (Å²) in [6.45, 7) is -0.217. The van der Waals surface area contributed by atoms with Gasteiger partial charge in [-0.3, -0.25) is 28.7 Å². The van der Waals surface area contributed by atoms with Crippen LogP contribution < -0.4 is 22.5 Å². The van der Waals surface area contributed by atoms with Crippen molar-refractivity contribution in [2.45, 2.75) is 49.9 Å². The molecule has 1 unspecified atom stereocenters. The molecule has 0 aromatic carbocycles. The van der Waals surface area contributed by atoms with E-state index in [0.29, 0.717) is 0 Å². The minimum absolute atomic E-state index is 0.00909. The molecule has 2 aromatic heterocycles. The van der Waals surface area contributed by atoms with E-state index in [0.717, 1.165) is 15.2 Å². The molecule has 2 aliphatic heterocycles. The fraction of sp³-hybridized carbons (Fsp3) is 0.556. The van der Waals surface area contributed by atoms with E-state index in [4.69, 9.17) is 29.5 Å². The summed E-state index contributed by atoms with van der Waals surface area (Å²) < 4.78 is 17.1.